The molecule has 0 aliphatic carbocycles. The number of hydrogen-bond donors (Lipinski definition) is 2. The first-order valence-corrected chi connectivity index (χ1v) is 6.50. The fourth-order valence-corrected chi connectivity index (χ4v) is 2.52. The molecule has 0 spiro atoms. The Morgan fingerprint density at radius 2 is 2.05 bits per heavy atom. The molecule has 0 saturated heterocycles. The van der Waals surface area contributed by atoms with Crippen LogP contribution in [0.3, 0.4) is 0 Å². The summed E-state index contributed by atoms with van der Waals surface area (Å²) >= 11 is 3.32. The first-order chi connectivity index (χ1) is 9.10. The molecule has 1 aromatic carbocycles. The van der Waals surface area contributed by atoms with Crippen molar-refractivity contribution in [2.75, 3.05) is 0 Å². The van der Waals surface area contributed by atoms with Crippen molar-refractivity contribution in [1.29, 1.82) is 0 Å². The van der Waals surface area contributed by atoms with Crippen molar-refractivity contribution in [2.45, 2.75) is 19.5 Å². The molecule has 2 rings (SSSR count). The Hall–Kier alpha value is -1.31. The van der Waals surface area contributed by atoms with Crippen molar-refractivity contribution in [1.82, 2.24) is 15.2 Å². The van der Waals surface area contributed by atoms with Crippen molar-refractivity contribution < 1.29 is 8.78 Å². The second kappa shape index (κ2) is 5.77. The predicted molar refractivity (Wildman–Crippen MR) is 71.1 cm³/mol. The molecule has 0 amide bonds. The maximum absolute atomic E-state index is 13.9. The second-order valence-electron chi connectivity index (χ2n) is 3.93. The average Bonchev–Trinajstić information content (AvgIpc) is 2.75. The summed E-state index contributed by atoms with van der Waals surface area (Å²) in [5.74, 6) is 4.17. The average molecular weight is 331 g/mol. The molecular weight excluding hydrogens is 318 g/mol. The van der Waals surface area contributed by atoms with E-state index in [0.29, 0.717) is 16.7 Å². The zero-order chi connectivity index (χ0) is 14.0. The SMILES string of the molecule is CCn1ncc(Br)c1C(NN)c1c(F)cccc1F. The smallest absolute Gasteiger partial charge is 0.131 e. The molecule has 4 nitrogen and oxygen atoms in total. The minimum atomic E-state index is -0.821. The lowest BCUT2D eigenvalue weighted by atomic mass is 10.0. The summed E-state index contributed by atoms with van der Waals surface area (Å²) in [6.07, 6.45) is 1.57. The van der Waals surface area contributed by atoms with Crippen LogP contribution in [0.25, 0.3) is 0 Å². The van der Waals surface area contributed by atoms with Gasteiger partial charge in [-0.05, 0) is 35.0 Å². The molecule has 1 atom stereocenters. The highest BCUT2D eigenvalue weighted by atomic mass is 79.9. The molecule has 3 N–H and O–H groups in total. The second-order valence-corrected chi connectivity index (χ2v) is 4.78. The van der Waals surface area contributed by atoms with E-state index in [4.69, 9.17) is 5.84 Å². The van der Waals surface area contributed by atoms with Crippen molar-refractivity contribution in [3.05, 3.63) is 51.8 Å². The summed E-state index contributed by atoms with van der Waals surface area (Å²) in [6.45, 7) is 2.45. The maximum atomic E-state index is 13.9. The maximum Gasteiger partial charge on any atom is 0.131 e. The van der Waals surface area contributed by atoms with Gasteiger partial charge in [-0.2, -0.15) is 5.10 Å². The number of hydrogen-bond acceptors (Lipinski definition) is 3. The highest BCUT2D eigenvalue weighted by Gasteiger charge is 2.26. The van der Waals surface area contributed by atoms with Crippen molar-refractivity contribution >= 4 is 15.9 Å². The number of nitrogens with two attached hydrogens (primary N) is 1. The predicted octanol–water partition coefficient (Wildman–Crippen LogP) is 2.50. The summed E-state index contributed by atoms with van der Waals surface area (Å²) < 4.78 is 30.0. The van der Waals surface area contributed by atoms with Gasteiger partial charge in [0.15, 0.2) is 0 Å². The first kappa shape index (κ1) is 14.1. The molecule has 7 heteroatoms. The van der Waals surface area contributed by atoms with Crippen molar-refractivity contribution in [3.8, 4) is 0 Å². The third-order valence-corrected chi connectivity index (χ3v) is 3.47. The number of benzene rings is 1. The molecule has 0 aliphatic rings. The summed E-state index contributed by atoms with van der Waals surface area (Å²) in [5, 5.41) is 4.12. The number of halogens is 3. The van der Waals surface area contributed by atoms with Gasteiger partial charge in [0.25, 0.3) is 0 Å². The number of aromatic nitrogens is 2. The Morgan fingerprint density at radius 3 is 2.58 bits per heavy atom. The van der Waals surface area contributed by atoms with Gasteiger partial charge in [-0.25, -0.2) is 14.2 Å². The van der Waals surface area contributed by atoms with E-state index in [-0.39, 0.29) is 5.56 Å². The van der Waals surface area contributed by atoms with Gasteiger partial charge in [-0.1, -0.05) is 6.07 Å². The minimum absolute atomic E-state index is 0.124. The van der Waals surface area contributed by atoms with E-state index in [9.17, 15) is 8.78 Å². The van der Waals surface area contributed by atoms with Gasteiger partial charge in [0.2, 0.25) is 0 Å². The van der Waals surface area contributed by atoms with Gasteiger partial charge >= 0.3 is 0 Å². The highest BCUT2D eigenvalue weighted by Crippen LogP contribution is 2.31. The Kier molecular flexibility index (Phi) is 4.28. The molecule has 0 bridgehead atoms. The third kappa shape index (κ3) is 2.54. The van der Waals surface area contributed by atoms with E-state index in [0.717, 1.165) is 0 Å². The van der Waals surface area contributed by atoms with E-state index < -0.39 is 17.7 Å². The topological polar surface area (TPSA) is 55.9 Å². The molecule has 0 fully saturated rings. The fourth-order valence-electron chi connectivity index (χ4n) is 2.00. The number of nitrogens with one attached hydrogen (secondary N) is 1. The minimum Gasteiger partial charge on any atom is -0.271 e. The molecule has 0 saturated carbocycles. The van der Waals surface area contributed by atoms with Gasteiger partial charge in [0.05, 0.1) is 22.4 Å². The van der Waals surface area contributed by atoms with Crippen LogP contribution >= 0.6 is 15.9 Å². The molecule has 1 aromatic heterocycles. The standard InChI is InChI=1S/C12H13BrF2N4/c1-2-19-12(7(13)6-17-19)11(18-16)10-8(14)4-3-5-9(10)15/h3-6,11,18H,2,16H2,1H3. The molecule has 102 valence electrons. The lowest BCUT2D eigenvalue weighted by Gasteiger charge is -2.19. The van der Waals surface area contributed by atoms with Crippen LogP contribution in [0.2, 0.25) is 0 Å². The summed E-state index contributed by atoms with van der Waals surface area (Å²) in [4.78, 5) is 0. The van der Waals surface area contributed by atoms with E-state index >= 15 is 0 Å². The van der Waals surface area contributed by atoms with E-state index in [1.54, 1.807) is 10.9 Å². The molecule has 2 aromatic rings. The Balaban J connectivity index is 2.59. The van der Waals surface area contributed by atoms with Gasteiger partial charge < -0.3 is 0 Å². The molecule has 1 unspecified atom stereocenters. The van der Waals surface area contributed by atoms with Crippen LogP contribution in [0.5, 0.6) is 0 Å². The van der Waals surface area contributed by atoms with Gasteiger partial charge in [0.1, 0.15) is 11.6 Å². The number of nitrogens with zero attached hydrogens (tertiary/aromatic N) is 2. The van der Waals surface area contributed by atoms with Crippen molar-refractivity contribution in [3.63, 3.8) is 0 Å². The molecule has 0 aliphatic heterocycles. The van der Waals surface area contributed by atoms with Gasteiger partial charge in [-0.3, -0.25) is 10.5 Å². The number of aryl methyl sites for hydroxylation is 1. The van der Waals surface area contributed by atoms with Crippen molar-refractivity contribution in [2.24, 2.45) is 5.84 Å². The zero-order valence-electron chi connectivity index (χ0n) is 10.2. The van der Waals surface area contributed by atoms with Crippen LogP contribution in [0.4, 0.5) is 8.78 Å². The van der Waals surface area contributed by atoms with Crippen LogP contribution in [0, 0.1) is 11.6 Å². The molecular formula is C12H13BrF2N4. The summed E-state index contributed by atoms with van der Waals surface area (Å²) in [6, 6.07) is 2.89. The largest absolute Gasteiger partial charge is 0.271 e. The van der Waals surface area contributed by atoms with Gasteiger partial charge in [-0.15, -0.1) is 0 Å². The highest BCUT2D eigenvalue weighted by molar-refractivity contribution is 9.10. The van der Waals surface area contributed by atoms with Crippen LogP contribution in [0.15, 0.2) is 28.9 Å². The quantitative estimate of drug-likeness (QED) is 0.669. The first-order valence-electron chi connectivity index (χ1n) is 5.71. The Labute approximate surface area is 117 Å². The van der Waals surface area contributed by atoms with E-state index in [1.807, 2.05) is 6.92 Å². The lowest BCUT2D eigenvalue weighted by molar-refractivity contribution is 0.483. The third-order valence-electron chi connectivity index (χ3n) is 2.86. The summed E-state index contributed by atoms with van der Waals surface area (Å²) in [5.41, 5.74) is 2.90. The monoisotopic (exact) mass is 330 g/mol. The number of rotatable bonds is 4. The number of hydrazine groups is 1. The molecule has 0 radical (unpaired) electrons. The lowest BCUT2D eigenvalue weighted by Crippen LogP contribution is -2.32. The molecule has 19 heavy (non-hydrogen) atoms. The summed E-state index contributed by atoms with van der Waals surface area (Å²) in [7, 11) is 0. The fraction of sp³-hybridized carbons (Fsp3) is 0.250. The van der Waals surface area contributed by atoms with Crippen LogP contribution in [-0.2, 0) is 6.54 Å². The van der Waals surface area contributed by atoms with Crippen LogP contribution in [0.1, 0.15) is 24.2 Å². The normalized spacial score (nSPS) is 12.7. The zero-order valence-corrected chi connectivity index (χ0v) is 11.8. The van der Waals surface area contributed by atoms with Crippen LogP contribution < -0.4 is 11.3 Å². The van der Waals surface area contributed by atoms with Crippen LogP contribution in [-0.4, -0.2) is 9.78 Å². The van der Waals surface area contributed by atoms with E-state index in [1.165, 1.54) is 18.2 Å². The van der Waals surface area contributed by atoms with E-state index in [2.05, 4.69) is 26.5 Å². The Morgan fingerprint density at radius 1 is 1.42 bits per heavy atom. The molecule has 1 heterocycles. The van der Waals surface area contributed by atoms with Gasteiger partial charge in [0, 0.05) is 12.1 Å². The Bertz CT molecular complexity index is 565.